The molecule has 2 heteroatoms. The molecule has 6 aromatic rings. The Morgan fingerprint density at radius 1 is 0.741 bits per heavy atom. The molecule has 54 heavy (non-hydrogen) atoms. The van der Waals surface area contributed by atoms with Crippen molar-refractivity contribution < 1.29 is 0 Å². The molecule has 0 aromatic heterocycles. The van der Waals surface area contributed by atoms with Crippen molar-refractivity contribution in [1.29, 1.82) is 0 Å². The fourth-order valence-electron chi connectivity index (χ4n) is 7.66. The summed E-state index contributed by atoms with van der Waals surface area (Å²) in [6.07, 6.45) is 11.3. The zero-order valence-corrected chi connectivity index (χ0v) is 31.7. The second-order valence-corrected chi connectivity index (χ2v) is 14.0. The lowest BCUT2D eigenvalue weighted by Gasteiger charge is -2.15. The molecule has 0 heterocycles. The van der Waals surface area contributed by atoms with E-state index in [4.69, 9.17) is 4.99 Å². The zero-order chi connectivity index (χ0) is 37.6. The Kier molecular flexibility index (Phi) is 10.7. The lowest BCUT2D eigenvalue weighted by Crippen LogP contribution is -2.07. The minimum atomic E-state index is 0.497. The number of benzene rings is 6. The van der Waals surface area contributed by atoms with Gasteiger partial charge in [-0.05, 0) is 131 Å². The summed E-state index contributed by atoms with van der Waals surface area (Å²) in [4.78, 5) is 9.96. The molecule has 6 aromatic carbocycles. The highest BCUT2D eigenvalue weighted by Gasteiger charge is 2.21. The van der Waals surface area contributed by atoms with Gasteiger partial charge in [-0.25, -0.2) is 0 Å². The van der Waals surface area contributed by atoms with Gasteiger partial charge >= 0.3 is 0 Å². The van der Waals surface area contributed by atoms with Crippen molar-refractivity contribution in [2.75, 3.05) is 0 Å². The molecule has 0 fully saturated rings. The molecule has 0 N–H and O–H groups in total. The highest BCUT2D eigenvalue weighted by molar-refractivity contribution is 6.16. The van der Waals surface area contributed by atoms with Crippen LogP contribution in [0.25, 0.3) is 49.9 Å². The Morgan fingerprint density at radius 2 is 1.48 bits per heavy atom. The van der Waals surface area contributed by atoms with Gasteiger partial charge in [0, 0.05) is 16.7 Å². The van der Waals surface area contributed by atoms with E-state index in [1.165, 1.54) is 55.3 Å². The smallest absolute Gasteiger partial charge is 0.0748 e. The summed E-state index contributed by atoms with van der Waals surface area (Å²) in [5, 5.41) is 2.61. The lowest BCUT2D eigenvalue weighted by atomic mass is 9.91. The number of rotatable bonds is 11. The number of aliphatic imine (C=N–C) groups is 2. The largest absolute Gasteiger partial charge is 0.280 e. The number of allylic oxidation sites excluding steroid dienone is 8. The molecule has 0 radical (unpaired) electrons. The van der Waals surface area contributed by atoms with Crippen LogP contribution in [0, 0.1) is 6.92 Å². The summed E-state index contributed by atoms with van der Waals surface area (Å²) in [7, 11) is 0. The van der Waals surface area contributed by atoms with E-state index >= 15 is 0 Å². The molecule has 1 aliphatic rings. The molecule has 7 rings (SSSR count). The van der Waals surface area contributed by atoms with Gasteiger partial charge in [-0.3, -0.25) is 9.98 Å². The summed E-state index contributed by atoms with van der Waals surface area (Å²) in [6, 6.07) is 45.9. The summed E-state index contributed by atoms with van der Waals surface area (Å²) in [5.41, 5.74) is 18.3. The van der Waals surface area contributed by atoms with E-state index < -0.39 is 0 Å². The van der Waals surface area contributed by atoms with Crippen LogP contribution in [-0.4, -0.2) is 12.4 Å². The Bertz CT molecular complexity index is 2540. The predicted molar refractivity (Wildman–Crippen MR) is 235 cm³/mol. The van der Waals surface area contributed by atoms with Crippen LogP contribution in [0.15, 0.2) is 180 Å². The molecule has 0 atom stereocenters. The van der Waals surface area contributed by atoms with Gasteiger partial charge in [0.1, 0.15) is 0 Å². The first kappa shape index (κ1) is 36.0. The van der Waals surface area contributed by atoms with Crippen molar-refractivity contribution in [2.45, 2.75) is 40.7 Å². The second-order valence-electron chi connectivity index (χ2n) is 14.0. The molecule has 0 saturated heterocycles. The third-order valence-electron chi connectivity index (χ3n) is 10.4. The van der Waals surface area contributed by atoms with Crippen molar-refractivity contribution in [2.24, 2.45) is 9.98 Å². The molecular weight excluding hydrogens is 653 g/mol. The Morgan fingerprint density at radius 3 is 2.22 bits per heavy atom. The minimum Gasteiger partial charge on any atom is -0.280 e. The number of aryl methyl sites for hydroxylation is 1. The van der Waals surface area contributed by atoms with Crippen LogP contribution >= 0.6 is 0 Å². The minimum absolute atomic E-state index is 0.497. The first-order valence-corrected chi connectivity index (χ1v) is 18.6. The van der Waals surface area contributed by atoms with Crippen molar-refractivity contribution in [3.05, 3.63) is 209 Å². The van der Waals surface area contributed by atoms with Crippen molar-refractivity contribution in [3.63, 3.8) is 0 Å². The predicted octanol–water partition coefficient (Wildman–Crippen LogP) is 13.7. The first-order valence-electron chi connectivity index (χ1n) is 18.6. The Hall–Kier alpha value is -6.38. The maximum Gasteiger partial charge on any atom is 0.0748 e. The van der Waals surface area contributed by atoms with Crippen LogP contribution in [0.5, 0.6) is 0 Å². The van der Waals surface area contributed by atoms with Gasteiger partial charge in [0.15, 0.2) is 0 Å². The maximum absolute atomic E-state index is 5.39. The van der Waals surface area contributed by atoms with Crippen LogP contribution in [-0.2, 0) is 13.0 Å². The average Bonchev–Trinajstić information content (AvgIpc) is 3.57. The van der Waals surface area contributed by atoms with Crippen LogP contribution in [0.1, 0.15) is 59.7 Å². The summed E-state index contributed by atoms with van der Waals surface area (Å²) in [6.45, 7) is 16.9. The van der Waals surface area contributed by atoms with Crippen LogP contribution < -0.4 is 0 Å². The maximum atomic E-state index is 5.39. The topological polar surface area (TPSA) is 24.7 Å². The second kappa shape index (κ2) is 16.1. The van der Waals surface area contributed by atoms with Crippen molar-refractivity contribution in [3.8, 4) is 22.3 Å². The highest BCUT2D eigenvalue weighted by atomic mass is 14.8. The van der Waals surface area contributed by atoms with Gasteiger partial charge in [-0.2, -0.15) is 0 Å². The zero-order valence-electron chi connectivity index (χ0n) is 31.7. The molecule has 1 aliphatic carbocycles. The van der Waals surface area contributed by atoms with Gasteiger partial charge < -0.3 is 0 Å². The third kappa shape index (κ3) is 7.29. The summed E-state index contributed by atoms with van der Waals surface area (Å²) >= 11 is 0. The van der Waals surface area contributed by atoms with Crippen molar-refractivity contribution in [1.82, 2.24) is 0 Å². The van der Waals surface area contributed by atoms with Crippen molar-refractivity contribution >= 4 is 40.0 Å². The van der Waals surface area contributed by atoms with E-state index in [0.717, 1.165) is 51.2 Å². The van der Waals surface area contributed by atoms with E-state index in [-0.39, 0.29) is 0 Å². The van der Waals surface area contributed by atoms with Gasteiger partial charge in [-0.1, -0.05) is 146 Å². The van der Waals surface area contributed by atoms with Gasteiger partial charge in [-0.15, -0.1) is 0 Å². The first-order chi connectivity index (χ1) is 26.4. The number of nitrogens with zero attached hydrogens (tertiary/aromatic N) is 2. The van der Waals surface area contributed by atoms with Gasteiger partial charge in [0.2, 0.25) is 0 Å². The lowest BCUT2D eigenvalue weighted by molar-refractivity contribution is 1.07. The molecule has 0 bridgehead atoms. The fourth-order valence-corrected chi connectivity index (χ4v) is 7.66. The summed E-state index contributed by atoms with van der Waals surface area (Å²) in [5.74, 6) is 0. The van der Waals surface area contributed by atoms with E-state index in [9.17, 15) is 0 Å². The molecule has 0 aliphatic heterocycles. The molecule has 0 unspecified atom stereocenters. The monoisotopic (exact) mass is 698 g/mol. The van der Waals surface area contributed by atoms with E-state index in [1.807, 2.05) is 19.1 Å². The van der Waals surface area contributed by atoms with Gasteiger partial charge in [0.25, 0.3) is 0 Å². The van der Waals surface area contributed by atoms with E-state index in [2.05, 4.69) is 185 Å². The van der Waals surface area contributed by atoms with Crippen LogP contribution in [0.4, 0.5) is 0 Å². The molecule has 264 valence electrons. The molecule has 0 spiro atoms. The summed E-state index contributed by atoms with van der Waals surface area (Å²) < 4.78 is 0. The average molecular weight is 699 g/mol. The normalized spacial score (nSPS) is 14.2. The Labute approximate surface area is 320 Å². The quantitative estimate of drug-likeness (QED) is 0.0950. The molecular formula is C52H46N2. The molecule has 0 saturated carbocycles. The van der Waals surface area contributed by atoms with Gasteiger partial charge in [0.05, 0.1) is 18.0 Å². The fraction of sp³-hybridized carbons (Fsp3) is 0.115. The molecule has 0 amide bonds. The standard InChI is InChI=1S/C52H46N2/c1-7-9-17-35(3)39-24-26-40(27-25-39)44-30-38(31-45(33-44)47-28-29-48-42(16-8-2)32-43-21-15-23-49(47)50(43)48)34-54-51(41-19-11-10-12-20-41)37(5)52(53-6)46-22-14-13-18-36(46)4/h7-31,33H,2,6,32,34H2,1,3-5H3/b9-7-,35-17+,42-16+,52-37-,54-51?. The van der Waals surface area contributed by atoms with Crippen LogP contribution in [0.3, 0.4) is 0 Å². The third-order valence-corrected chi connectivity index (χ3v) is 10.4. The van der Waals surface area contributed by atoms with E-state index in [1.54, 1.807) is 0 Å². The number of hydrogen-bond donors (Lipinski definition) is 0. The SMILES string of the molecule is C=C/C=C1\Cc2cccc3c(-c4cc(CN=C(/C(C)=C(\N=C)c5ccccc5C)c5ccccc5)cc(-c5ccc(/C(C)=C/C=C\C)cc5)c4)ccc1c23. The Balaban J connectivity index is 1.39. The number of hydrogen-bond acceptors (Lipinski definition) is 2. The highest BCUT2D eigenvalue weighted by Crippen LogP contribution is 2.43. The molecule has 2 nitrogen and oxygen atoms in total. The van der Waals surface area contributed by atoms with Crippen LogP contribution in [0.2, 0.25) is 0 Å². The van der Waals surface area contributed by atoms with E-state index in [0.29, 0.717) is 6.54 Å².